The van der Waals surface area contributed by atoms with Crippen LogP contribution in [0.1, 0.15) is 49.9 Å². The number of rotatable bonds is 6. The second kappa shape index (κ2) is 6.57. The third-order valence-electron chi connectivity index (χ3n) is 4.37. The lowest BCUT2D eigenvalue weighted by molar-refractivity contribution is 0.106. The Labute approximate surface area is 126 Å². The van der Waals surface area contributed by atoms with Crippen molar-refractivity contribution in [1.29, 1.82) is 0 Å². The Morgan fingerprint density at radius 3 is 2.53 bits per heavy atom. The summed E-state index contributed by atoms with van der Waals surface area (Å²) >= 11 is 7.87. The van der Waals surface area contributed by atoms with Gasteiger partial charge in [0.2, 0.25) is 0 Å². The average Bonchev–Trinajstić information content (AvgIpc) is 3.00. The third-order valence-corrected chi connectivity index (χ3v) is 5.67. The van der Waals surface area contributed by atoms with Crippen molar-refractivity contribution >= 4 is 22.9 Å². The molecule has 19 heavy (non-hydrogen) atoms. The van der Waals surface area contributed by atoms with Crippen LogP contribution in [0.5, 0.6) is 0 Å². The van der Waals surface area contributed by atoms with Gasteiger partial charge in [-0.15, -0.1) is 11.3 Å². The summed E-state index contributed by atoms with van der Waals surface area (Å²) in [7, 11) is 4.45. The summed E-state index contributed by atoms with van der Waals surface area (Å²) in [6.45, 7) is 3.29. The molecule has 1 N–H and O–H groups in total. The number of halogens is 1. The highest BCUT2D eigenvalue weighted by Gasteiger charge is 2.44. The van der Waals surface area contributed by atoms with E-state index in [2.05, 4.69) is 37.3 Å². The van der Waals surface area contributed by atoms with Crippen molar-refractivity contribution in [3.05, 3.63) is 21.3 Å². The molecular formula is C15H25ClN2S. The summed E-state index contributed by atoms with van der Waals surface area (Å²) < 4.78 is 0.894. The molecule has 0 spiro atoms. The number of likely N-dealkylation sites (N-methyl/N-ethyl adjacent to an activating group) is 1. The molecule has 0 aromatic carbocycles. The largest absolute Gasteiger partial charge is 0.308 e. The van der Waals surface area contributed by atoms with Crippen molar-refractivity contribution in [2.75, 3.05) is 20.6 Å². The van der Waals surface area contributed by atoms with Crippen LogP contribution in [0.4, 0.5) is 0 Å². The van der Waals surface area contributed by atoms with Gasteiger partial charge in [-0.05, 0) is 52.0 Å². The van der Waals surface area contributed by atoms with Gasteiger partial charge in [0, 0.05) is 10.4 Å². The van der Waals surface area contributed by atoms with E-state index in [9.17, 15) is 0 Å². The van der Waals surface area contributed by atoms with Crippen LogP contribution in [-0.4, -0.2) is 31.1 Å². The van der Waals surface area contributed by atoms with Crippen molar-refractivity contribution in [3.8, 4) is 0 Å². The van der Waals surface area contributed by atoms with Gasteiger partial charge in [0.15, 0.2) is 0 Å². The van der Waals surface area contributed by atoms with Gasteiger partial charge in [-0.1, -0.05) is 31.4 Å². The molecule has 0 aliphatic heterocycles. The average molecular weight is 301 g/mol. The maximum atomic E-state index is 6.15. The predicted octanol–water partition coefficient (Wildman–Crippen LogP) is 4.32. The lowest BCUT2D eigenvalue weighted by Gasteiger charge is -2.43. The number of hydrogen-bond acceptors (Lipinski definition) is 3. The SMILES string of the molecule is CCCNC(c1ccc(Cl)s1)C1(N(C)C)CCCC1. The Balaban J connectivity index is 2.30. The first-order chi connectivity index (χ1) is 9.10. The zero-order valence-corrected chi connectivity index (χ0v) is 13.8. The van der Waals surface area contributed by atoms with Crippen molar-refractivity contribution in [3.63, 3.8) is 0 Å². The lowest BCUT2D eigenvalue weighted by Crippen LogP contribution is -2.51. The molecule has 0 radical (unpaired) electrons. The van der Waals surface area contributed by atoms with E-state index in [0.717, 1.165) is 10.9 Å². The van der Waals surface area contributed by atoms with Crippen molar-refractivity contribution in [2.24, 2.45) is 0 Å². The van der Waals surface area contributed by atoms with E-state index in [1.807, 2.05) is 6.07 Å². The zero-order chi connectivity index (χ0) is 13.9. The van der Waals surface area contributed by atoms with Crippen LogP contribution in [0, 0.1) is 0 Å². The summed E-state index contributed by atoms with van der Waals surface area (Å²) in [5.41, 5.74) is 0.253. The van der Waals surface area contributed by atoms with E-state index in [1.54, 1.807) is 11.3 Å². The predicted molar refractivity (Wildman–Crippen MR) is 85.2 cm³/mol. The maximum Gasteiger partial charge on any atom is 0.0931 e. The molecule has 1 aromatic rings. The van der Waals surface area contributed by atoms with Crippen molar-refractivity contribution < 1.29 is 0 Å². The Bertz CT molecular complexity index is 397. The molecule has 1 atom stereocenters. The highest BCUT2D eigenvalue weighted by Crippen LogP contribution is 2.45. The number of nitrogens with zero attached hydrogens (tertiary/aromatic N) is 1. The second-order valence-electron chi connectivity index (χ2n) is 5.73. The van der Waals surface area contributed by atoms with Gasteiger partial charge in [-0.3, -0.25) is 0 Å². The smallest absolute Gasteiger partial charge is 0.0931 e. The third kappa shape index (κ3) is 3.15. The molecule has 2 nitrogen and oxygen atoms in total. The van der Waals surface area contributed by atoms with Crippen molar-refractivity contribution in [2.45, 2.75) is 50.6 Å². The Kier molecular flexibility index (Phi) is 5.29. The minimum absolute atomic E-state index is 0.253. The molecule has 108 valence electrons. The van der Waals surface area contributed by atoms with E-state index in [4.69, 9.17) is 11.6 Å². The van der Waals surface area contributed by atoms with Crippen LogP contribution in [0.3, 0.4) is 0 Å². The first-order valence-corrected chi connectivity index (χ1v) is 8.45. The van der Waals surface area contributed by atoms with Gasteiger partial charge in [0.05, 0.1) is 10.4 Å². The van der Waals surface area contributed by atoms with Gasteiger partial charge in [-0.2, -0.15) is 0 Å². The fourth-order valence-electron chi connectivity index (χ4n) is 3.31. The van der Waals surface area contributed by atoms with Crippen LogP contribution in [0.25, 0.3) is 0 Å². The minimum atomic E-state index is 0.253. The molecule has 1 heterocycles. The van der Waals surface area contributed by atoms with E-state index >= 15 is 0 Å². The van der Waals surface area contributed by atoms with E-state index in [-0.39, 0.29) is 5.54 Å². The van der Waals surface area contributed by atoms with Crippen LogP contribution in [-0.2, 0) is 0 Å². The molecule has 0 amide bonds. The molecule has 1 aliphatic rings. The highest BCUT2D eigenvalue weighted by atomic mass is 35.5. The van der Waals surface area contributed by atoms with Gasteiger partial charge >= 0.3 is 0 Å². The van der Waals surface area contributed by atoms with Gasteiger partial charge in [-0.25, -0.2) is 0 Å². The van der Waals surface area contributed by atoms with Crippen LogP contribution >= 0.6 is 22.9 Å². The van der Waals surface area contributed by atoms with Crippen LogP contribution < -0.4 is 5.32 Å². The summed E-state index contributed by atoms with van der Waals surface area (Å²) in [5.74, 6) is 0. The van der Waals surface area contributed by atoms with E-state index in [1.165, 1.54) is 37.0 Å². The standard InChI is InChI=1S/C15H25ClN2S/c1-4-11-17-14(12-7-8-13(16)19-12)15(18(2)3)9-5-6-10-15/h7-8,14,17H,4-6,9-11H2,1-3H3. The topological polar surface area (TPSA) is 15.3 Å². The molecule has 1 unspecified atom stereocenters. The fraction of sp³-hybridized carbons (Fsp3) is 0.733. The lowest BCUT2D eigenvalue weighted by atomic mass is 9.85. The zero-order valence-electron chi connectivity index (χ0n) is 12.2. The van der Waals surface area contributed by atoms with Gasteiger partial charge in [0.1, 0.15) is 0 Å². The summed E-state index contributed by atoms with van der Waals surface area (Å²) in [5, 5.41) is 3.77. The van der Waals surface area contributed by atoms with E-state index in [0.29, 0.717) is 6.04 Å². The monoisotopic (exact) mass is 300 g/mol. The fourth-order valence-corrected chi connectivity index (χ4v) is 4.56. The van der Waals surface area contributed by atoms with Gasteiger partial charge in [0.25, 0.3) is 0 Å². The molecule has 2 rings (SSSR count). The number of hydrogen-bond donors (Lipinski definition) is 1. The summed E-state index contributed by atoms with van der Waals surface area (Å²) in [6, 6.07) is 4.63. The Morgan fingerprint density at radius 2 is 2.05 bits per heavy atom. The first-order valence-electron chi connectivity index (χ1n) is 7.26. The normalized spacial score (nSPS) is 20.1. The van der Waals surface area contributed by atoms with Crippen LogP contribution in [0.2, 0.25) is 4.34 Å². The number of thiophene rings is 1. The minimum Gasteiger partial charge on any atom is -0.308 e. The molecule has 4 heteroatoms. The second-order valence-corrected chi connectivity index (χ2v) is 7.48. The molecule has 1 fully saturated rings. The Morgan fingerprint density at radius 1 is 1.37 bits per heavy atom. The highest BCUT2D eigenvalue weighted by molar-refractivity contribution is 7.16. The molecule has 0 saturated heterocycles. The molecule has 1 saturated carbocycles. The maximum absolute atomic E-state index is 6.15. The van der Waals surface area contributed by atoms with E-state index < -0.39 is 0 Å². The summed E-state index contributed by atoms with van der Waals surface area (Å²) in [4.78, 5) is 3.81. The quantitative estimate of drug-likeness (QED) is 0.842. The Hall–Kier alpha value is -0.0900. The van der Waals surface area contributed by atoms with Gasteiger partial charge < -0.3 is 10.2 Å². The van der Waals surface area contributed by atoms with Crippen molar-refractivity contribution in [1.82, 2.24) is 10.2 Å². The first kappa shape index (κ1) is 15.3. The molecule has 1 aromatic heterocycles. The summed E-state index contributed by atoms with van der Waals surface area (Å²) in [6.07, 6.45) is 6.39. The van der Waals surface area contributed by atoms with Crippen LogP contribution in [0.15, 0.2) is 12.1 Å². The molecule has 0 bridgehead atoms. The molecular weight excluding hydrogens is 276 g/mol. The molecule has 1 aliphatic carbocycles. The number of nitrogens with one attached hydrogen (secondary N) is 1.